The summed E-state index contributed by atoms with van der Waals surface area (Å²) < 4.78 is 0. The number of halogens is 1. The maximum Gasteiger partial charge on any atom is 0.0443 e. The molecule has 1 atom stereocenters. The number of alkyl halides is 1. The molecular formula is C11H16ClNS. The molecular weight excluding hydrogens is 214 g/mol. The van der Waals surface area contributed by atoms with Gasteiger partial charge >= 0.3 is 0 Å². The van der Waals surface area contributed by atoms with Crippen LogP contribution in [0.3, 0.4) is 0 Å². The fourth-order valence-corrected chi connectivity index (χ4v) is 2.21. The van der Waals surface area contributed by atoms with Gasteiger partial charge in [0.05, 0.1) is 0 Å². The van der Waals surface area contributed by atoms with Crippen molar-refractivity contribution in [3.05, 3.63) is 34.5 Å². The molecule has 1 nitrogen and oxygen atoms in total. The SMILES string of the molecule is C=C(CCl)CN(C)C(C)c1cccs1. The van der Waals surface area contributed by atoms with Crippen LogP contribution in [0.25, 0.3) is 0 Å². The Labute approximate surface area is 95.0 Å². The Hall–Kier alpha value is -0.310. The van der Waals surface area contributed by atoms with E-state index < -0.39 is 0 Å². The van der Waals surface area contributed by atoms with Gasteiger partial charge in [-0.15, -0.1) is 22.9 Å². The van der Waals surface area contributed by atoms with E-state index in [-0.39, 0.29) is 0 Å². The van der Waals surface area contributed by atoms with Gasteiger partial charge in [-0.3, -0.25) is 4.90 Å². The summed E-state index contributed by atoms with van der Waals surface area (Å²) in [7, 11) is 2.10. The summed E-state index contributed by atoms with van der Waals surface area (Å²) in [5.74, 6) is 0.543. The first kappa shape index (κ1) is 11.8. The van der Waals surface area contributed by atoms with Crippen LogP contribution < -0.4 is 0 Å². The van der Waals surface area contributed by atoms with Crippen LogP contribution in [0, 0.1) is 0 Å². The van der Waals surface area contributed by atoms with Gasteiger partial charge in [-0.1, -0.05) is 12.6 Å². The first-order valence-electron chi connectivity index (χ1n) is 4.61. The Morgan fingerprint density at radius 1 is 1.71 bits per heavy atom. The zero-order valence-corrected chi connectivity index (χ0v) is 10.2. The van der Waals surface area contributed by atoms with E-state index in [4.69, 9.17) is 11.6 Å². The minimum absolute atomic E-state index is 0.440. The highest BCUT2D eigenvalue weighted by molar-refractivity contribution is 7.10. The van der Waals surface area contributed by atoms with Gasteiger partial charge in [0.1, 0.15) is 0 Å². The van der Waals surface area contributed by atoms with E-state index in [1.165, 1.54) is 4.88 Å². The molecule has 0 aliphatic heterocycles. The van der Waals surface area contributed by atoms with Gasteiger partial charge in [0.15, 0.2) is 0 Å². The Morgan fingerprint density at radius 3 is 2.93 bits per heavy atom. The highest BCUT2D eigenvalue weighted by Crippen LogP contribution is 2.23. The molecule has 0 aliphatic rings. The van der Waals surface area contributed by atoms with Crippen LogP contribution in [0.1, 0.15) is 17.8 Å². The molecule has 1 heterocycles. The van der Waals surface area contributed by atoms with Gasteiger partial charge in [0, 0.05) is 23.3 Å². The summed E-state index contributed by atoms with van der Waals surface area (Å²) >= 11 is 7.49. The van der Waals surface area contributed by atoms with Crippen LogP contribution >= 0.6 is 22.9 Å². The van der Waals surface area contributed by atoms with Gasteiger partial charge < -0.3 is 0 Å². The standard InChI is InChI=1S/C11H16ClNS/c1-9(7-12)8-13(3)10(2)11-5-4-6-14-11/h4-6,10H,1,7-8H2,2-3H3. The summed E-state index contributed by atoms with van der Waals surface area (Å²) in [6.45, 7) is 6.97. The third-order valence-corrected chi connectivity index (χ3v) is 3.70. The molecule has 78 valence electrons. The minimum Gasteiger partial charge on any atom is -0.295 e. The molecule has 1 rings (SSSR count). The summed E-state index contributed by atoms with van der Waals surface area (Å²) in [6, 6.07) is 4.69. The maximum absolute atomic E-state index is 5.70. The number of nitrogens with zero attached hydrogens (tertiary/aromatic N) is 1. The van der Waals surface area contributed by atoms with Crippen molar-refractivity contribution in [3.8, 4) is 0 Å². The highest BCUT2D eigenvalue weighted by atomic mass is 35.5. The number of hydrogen-bond donors (Lipinski definition) is 0. The third-order valence-electron chi connectivity index (χ3n) is 2.28. The average molecular weight is 230 g/mol. The smallest absolute Gasteiger partial charge is 0.0443 e. The first-order chi connectivity index (χ1) is 6.65. The van der Waals surface area contributed by atoms with Crippen LogP contribution in [0.15, 0.2) is 29.7 Å². The predicted octanol–water partition coefficient (Wildman–Crippen LogP) is 3.54. The van der Waals surface area contributed by atoms with E-state index in [1.807, 2.05) is 0 Å². The van der Waals surface area contributed by atoms with E-state index in [0.717, 1.165) is 12.1 Å². The normalized spacial score (nSPS) is 13.1. The topological polar surface area (TPSA) is 3.24 Å². The van der Waals surface area contributed by atoms with Crippen molar-refractivity contribution in [1.29, 1.82) is 0 Å². The van der Waals surface area contributed by atoms with Crippen molar-refractivity contribution in [3.63, 3.8) is 0 Å². The second-order valence-electron chi connectivity index (χ2n) is 3.49. The Bertz CT molecular complexity index is 281. The lowest BCUT2D eigenvalue weighted by Gasteiger charge is -2.24. The number of likely N-dealkylation sites (N-methyl/N-ethyl adjacent to an activating group) is 1. The van der Waals surface area contributed by atoms with Crippen molar-refractivity contribution in [2.75, 3.05) is 19.5 Å². The van der Waals surface area contributed by atoms with Crippen molar-refractivity contribution >= 4 is 22.9 Å². The molecule has 14 heavy (non-hydrogen) atoms. The van der Waals surface area contributed by atoms with Gasteiger partial charge in [-0.05, 0) is 31.0 Å². The second-order valence-corrected chi connectivity index (χ2v) is 4.74. The van der Waals surface area contributed by atoms with Crippen LogP contribution in [0.5, 0.6) is 0 Å². The molecule has 0 saturated carbocycles. The van der Waals surface area contributed by atoms with Crippen molar-refractivity contribution in [2.45, 2.75) is 13.0 Å². The average Bonchev–Trinajstić information content (AvgIpc) is 2.69. The second kappa shape index (κ2) is 5.54. The van der Waals surface area contributed by atoms with E-state index >= 15 is 0 Å². The summed E-state index contributed by atoms with van der Waals surface area (Å²) in [5.41, 5.74) is 1.07. The highest BCUT2D eigenvalue weighted by Gasteiger charge is 2.12. The first-order valence-corrected chi connectivity index (χ1v) is 6.02. The summed E-state index contributed by atoms with van der Waals surface area (Å²) in [6.07, 6.45) is 0. The van der Waals surface area contributed by atoms with Crippen molar-refractivity contribution in [1.82, 2.24) is 4.90 Å². The Morgan fingerprint density at radius 2 is 2.43 bits per heavy atom. The Balaban J connectivity index is 2.53. The lowest BCUT2D eigenvalue weighted by molar-refractivity contribution is 0.288. The van der Waals surface area contributed by atoms with Gasteiger partial charge in [-0.25, -0.2) is 0 Å². The molecule has 0 radical (unpaired) electrons. The zero-order valence-electron chi connectivity index (χ0n) is 8.66. The van der Waals surface area contributed by atoms with Crippen LogP contribution in [0.4, 0.5) is 0 Å². The molecule has 0 spiro atoms. The van der Waals surface area contributed by atoms with Gasteiger partial charge in [0.25, 0.3) is 0 Å². The number of thiophene rings is 1. The molecule has 1 aromatic heterocycles. The molecule has 3 heteroatoms. The molecule has 0 amide bonds. The largest absolute Gasteiger partial charge is 0.295 e. The minimum atomic E-state index is 0.440. The predicted molar refractivity (Wildman–Crippen MR) is 65.2 cm³/mol. The quantitative estimate of drug-likeness (QED) is 0.552. The van der Waals surface area contributed by atoms with Crippen LogP contribution in [0.2, 0.25) is 0 Å². The molecule has 1 unspecified atom stereocenters. The molecule has 0 saturated heterocycles. The lowest BCUT2D eigenvalue weighted by Crippen LogP contribution is -2.24. The monoisotopic (exact) mass is 229 g/mol. The molecule has 0 bridgehead atoms. The fourth-order valence-electron chi connectivity index (χ4n) is 1.28. The van der Waals surface area contributed by atoms with Crippen LogP contribution in [-0.2, 0) is 0 Å². The van der Waals surface area contributed by atoms with Crippen LogP contribution in [-0.4, -0.2) is 24.4 Å². The summed E-state index contributed by atoms with van der Waals surface area (Å²) in [4.78, 5) is 3.64. The number of rotatable bonds is 5. The van der Waals surface area contributed by atoms with E-state index in [1.54, 1.807) is 11.3 Å². The van der Waals surface area contributed by atoms with E-state index in [0.29, 0.717) is 11.9 Å². The summed E-state index contributed by atoms with van der Waals surface area (Å²) in [5, 5.41) is 2.11. The molecule has 0 aliphatic carbocycles. The number of hydrogen-bond acceptors (Lipinski definition) is 2. The van der Waals surface area contributed by atoms with Crippen molar-refractivity contribution < 1.29 is 0 Å². The fraction of sp³-hybridized carbons (Fsp3) is 0.455. The van der Waals surface area contributed by atoms with Crippen molar-refractivity contribution in [2.24, 2.45) is 0 Å². The Kier molecular flexibility index (Phi) is 4.66. The van der Waals surface area contributed by atoms with E-state index in [2.05, 4.69) is 43.0 Å². The zero-order chi connectivity index (χ0) is 10.6. The molecule has 0 N–H and O–H groups in total. The van der Waals surface area contributed by atoms with Gasteiger partial charge in [0.2, 0.25) is 0 Å². The maximum atomic E-state index is 5.70. The van der Waals surface area contributed by atoms with E-state index in [9.17, 15) is 0 Å². The lowest BCUT2D eigenvalue weighted by atomic mass is 10.2. The molecule has 0 fully saturated rings. The molecule has 1 aromatic rings. The third kappa shape index (κ3) is 3.12. The van der Waals surface area contributed by atoms with Gasteiger partial charge in [-0.2, -0.15) is 0 Å². The molecule has 0 aromatic carbocycles.